The van der Waals surface area contributed by atoms with Gasteiger partial charge in [0, 0.05) is 14.3 Å². The van der Waals surface area contributed by atoms with E-state index in [2.05, 4.69) is 43.3 Å². The first kappa shape index (κ1) is 17.2. The van der Waals surface area contributed by atoms with E-state index in [1.165, 1.54) is 31.8 Å². The lowest BCUT2D eigenvalue weighted by Crippen LogP contribution is -2.00. The molecule has 0 aliphatic rings. The van der Waals surface area contributed by atoms with Crippen LogP contribution in [0, 0.1) is 6.92 Å². The van der Waals surface area contributed by atoms with E-state index in [1.54, 1.807) is 11.3 Å². The van der Waals surface area contributed by atoms with Crippen molar-refractivity contribution in [1.82, 2.24) is 0 Å². The second kappa shape index (κ2) is 5.71. The van der Waals surface area contributed by atoms with Crippen LogP contribution in [-0.4, -0.2) is 0 Å². The molecule has 142 valence electrons. The minimum absolute atomic E-state index is 0.548. The van der Waals surface area contributed by atoms with Gasteiger partial charge < -0.3 is 0 Å². The van der Waals surface area contributed by atoms with Crippen molar-refractivity contribution in [3.63, 3.8) is 0 Å². The van der Waals surface area contributed by atoms with Crippen LogP contribution in [0.1, 0.15) is 9.75 Å². The SMILES string of the molecule is Cc1cc2cc3c(ccc4c5cc6cc(C(F)(F)F)sc6cc5ccc34)cc2s1. The van der Waals surface area contributed by atoms with Gasteiger partial charge in [-0.15, -0.1) is 22.7 Å². The summed E-state index contributed by atoms with van der Waals surface area (Å²) in [6, 6.07) is 20.0. The van der Waals surface area contributed by atoms with Crippen LogP contribution >= 0.6 is 22.7 Å². The molecule has 0 unspecified atom stereocenters. The van der Waals surface area contributed by atoms with Gasteiger partial charge in [-0.05, 0) is 86.4 Å². The van der Waals surface area contributed by atoms with Gasteiger partial charge in [0.1, 0.15) is 4.88 Å². The van der Waals surface area contributed by atoms with E-state index in [0.717, 1.165) is 32.9 Å². The molecule has 0 bridgehead atoms. The molecule has 0 spiro atoms. The van der Waals surface area contributed by atoms with Crippen LogP contribution in [0.2, 0.25) is 0 Å². The molecule has 0 amide bonds. The zero-order valence-corrected chi connectivity index (χ0v) is 16.9. The molecule has 29 heavy (non-hydrogen) atoms. The Morgan fingerprint density at radius 1 is 0.586 bits per heavy atom. The maximum Gasteiger partial charge on any atom is 0.425 e. The van der Waals surface area contributed by atoms with Crippen molar-refractivity contribution in [3.8, 4) is 0 Å². The Balaban J connectivity index is 1.70. The first-order valence-corrected chi connectivity index (χ1v) is 10.8. The van der Waals surface area contributed by atoms with Crippen molar-refractivity contribution < 1.29 is 13.2 Å². The van der Waals surface area contributed by atoms with Crippen LogP contribution in [0.4, 0.5) is 13.2 Å². The first-order valence-electron chi connectivity index (χ1n) is 9.17. The average molecular weight is 422 g/mol. The molecule has 4 aromatic carbocycles. The quantitative estimate of drug-likeness (QED) is 0.214. The summed E-state index contributed by atoms with van der Waals surface area (Å²) in [5, 5.41) is 8.40. The van der Waals surface area contributed by atoms with E-state index in [1.807, 2.05) is 18.2 Å². The standard InChI is InChI=1S/C24H13F3S2/c1-12-6-15-7-19-13(9-21(15)28-12)2-4-18-17(19)5-3-14-10-22-16(8-20(14)18)11-23(29-22)24(25,26)27/h2-11H,1H3. The summed E-state index contributed by atoms with van der Waals surface area (Å²) >= 11 is 2.60. The van der Waals surface area contributed by atoms with Crippen molar-refractivity contribution in [2.75, 3.05) is 0 Å². The summed E-state index contributed by atoms with van der Waals surface area (Å²) in [7, 11) is 0. The number of thiophene rings is 2. The van der Waals surface area contributed by atoms with Gasteiger partial charge in [-0.2, -0.15) is 13.2 Å². The van der Waals surface area contributed by atoms with Gasteiger partial charge in [0.2, 0.25) is 0 Å². The van der Waals surface area contributed by atoms with Crippen LogP contribution in [0.3, 0.4) is 0 Å². The summed E-state index contributed by atoms with van der Waals surface area (Å²) < 4.78 is 41.4. The van der Waals surface area contributed by atoms with Gasteiger partial charge in [0.05, 0.1) is 0 Å². The lowest BCUT2D eigenvalue weighted by molar-refractivity contribution is -0.134. The van der Waals surface area contributed by atoms with Gasteiger partial charge in [-0.1, -0.05) is 24.3 Å². The largest absolute Gasteiger partial charge is 0.425 e. The van der Waals surface area contributed by atoms with Gasteiger partial charge >= 0.3 is 6.18 Å². The molecule has 2 aromatic heterocycles. The van der Waals surface area contributed by atoms with E-state index < -0.39 is 11.1 Å². The summed E-state index contributed by atoms with van der Waals surface area (Å²) in [6.07, 6.45) is -4.31. The number of halogens is 3. The molecule has 5 heteroatoms. The molecular weight excluding hydrogens is 409 g/mol. The lowest BCUT2D eigenvalue weighted by Gasteiger charge is -2.08. The normalized spacial score (nSPS) is 12.8. The third kappa shape index (κ3) is 2.57. The molecule has 6 rings (SSSR count). The van der Waals surface area contributed by atoms with Crippen LogP contribution in [0.5, 0.6) is 0 Å². The Bertz CT molecular complexity index is 1600. The highest BCUT2D eigenvalue weighted by molar-refractivity contribution is 7.19. The fourth-order valence-corrected chi connectivity index (χ4v) is 6.13. The zero-order valence-electron chi connectivity index (χ0n) is 15.2. The Morgan fingerprint density at radius 2 is 1.14 bits per heavy atom. The van der Waals surface area contributed by atoms with Crippen LogP contribution in [0.25, 0.3) is 52.5 Å². The maximum absolute atomic E-state index is 13.1. The number of rotatable bonds is 0. The predicted octanol–water partition coefficient (Wildman–Crippen LogP) is 8.90. The highest BCUT2D eigenvalue weighted by atomic mass is 32.1. The number of hydrogen-bond acceptors (Lipinski definition) is 2. The van der Waals surface area contributed by atoms with Crippen LogP contribution < -0.4 is 0 Å². The Morgan fingerprint density at radius 3 is 1.72 bits per heavy atom. The highest BCUT2D eigenvalue weighted by Crippen LogP contribution is 2.41. The van der Waals surface area contributed by atoms with Crippen molar-refractivity contribution in [2.45, 2.75) is 13.1 Å². The van der Waals surface area contributed by atoms with Crippen LogP contribution in [0.15, 0.2) is 60.7 Å². The number of hydrogen-bond donors (Lipinski definition) is 0. The molecule has 0 N–H and O–H groups in total. The zero-order chi connectivity index (χ0) is 19.9. The van der Waals surface area contributed by atoms with Crippen molar-refractivity contribution in [3.05, 3.63) is 70.4 Å². The predicted molar refractivity (Wildman–Crippen MR) is 119 cm³/mol. The molecule has 0 saturated carbocycles. The van der Waals surface area contributed by atoms with Crippen molar-refractivity contribution in [1.29, 1.82) is 0 Å². The first-order chi connectivity index (χ1) is 13.9. The van der Waals surface area contributed by atoms with Gasteiger partial charge in [0.15, 0.2) is 0 Å². The summed E-state index contributed by atoms with van der Waals surface area (Å²) in [4.78, 5) is 0.734. The van der Waals surface area contributed by atoms with Gasteiger partial charge in [-0.25, -0.2) is 0 Å². The highest BCUT2D eigenvalue weighted by Gasteiger charge is 2.32. The molecule has 2 heterocycles. The molecular formula is C24H13F3S2. The molecule has 0 saturated heterocycles. The van der Waals surface area contributed by atoms with E-state index >= 15 is 0 Å². The summed E-state index contributed by atoms with van der Waals surface area (Å²) in [6.45, 7) is 2.11. The van der Waals surface area contributed by atoms with Crippen molar-refractivity contribution in [2.24, 2.45) is 0 Å². The molecule has 0 atom stereocenters. The fraction of sp³-hybridized carbons (Fsp3) is 0.0833. The van der Waals surface area contributed by atoms with Crippen LogP contribution in [-0.2, 0) is 6.18 Å². The molecule has 0 aliphatic heterocycles. The maximum atomic E-state index is 13.1. The van der Waals surface area contributed by atoms with Gasteiger partial charge in [0.25, 0.3) is 0 Å². The van der Waals surface area contributed by atoms with E-state index in [9.17, 15) is 13.2 Å². The third-order valence-corrected chi connectivity index (χ3v) is 7.67. The number of alkyl halides is 3. The lowest BCUT2D eigenvalue weighted by atomic mass is 9.96. The number of fused-ring (bicyclic) bond motifs is 7. The second-order valence-electron chi connectivity index (χ2n) is 7.41. The average Bonchev–Trinajstić information content (AvgIpc) is 3.25. The van der Waals surface area contributed by atoms with Crippen molar-refractivity contribution >= 4 is 75.2 Å². The second-order valence-corrected chi connectivity index (χ2v) is 9.79. The Kier molecular flexibility index (Phi) is 3.40. The number of benzene rings is 4. The monoisotopic (exact) mass is 422 g/mol. The fourth-order valence-electron chi connectivity index (χ4n) is 4.22. The van der Waals surface area contributed by atoms with Gasteiger partial charge in [-0.3, -0.25) is 0 Å². The Hall–Kier alpha value is -2.63. The summed E-state index contributed by atoms with van der Waals surface area (Å²) in [5.41, 5.74) is 0. The molecule has 0 fully saturated rings. The van der Waals surface area contributed by atoms with E-state index in [4.69, 9.17) is 0 Å². The smallest absolute Gasteiger partial charge is 0.165 e. The van der Waals surface area contributed by atoms with E-state index in [0.29, 0.717) is 10.1 Å². The number of aryl methyl sites for hydroxylation is 1. The topological polar surface area (TPSA) is 0 Å². The minimum atomic E-state index is -4.31. The van der Waals surface area contributed by atoms with E-state index in [-0.39, 0.29) is 0 Å². The third-order valence-electron chi connectivity index (χ3n) is 5.51. The summed E-state index contributed by atoms with van der Waals surface area (Å²) in [5.74, 6) is 0. The molecule has 0 aliphatic carbocycles. The molecule has 0 nitrogen and oxygen atoms in total. The molecule has 0 radical (unpaired) electrons. The molecule has 6 aromatic rings. The Labute approximate surface area is 171 Å². The minimum Gasteiger partial charge on any atom is -0.165 e.